The molecule has 5 heteroatoms. The van der Waals surface area contributed by atoms with Gasteiger partial charge in [-0.1, -0.05) is 12.1 Å². The van der Waals surface area contributed by atoms with Crippen molar-refractivity contribution < 1.29 is 13.5 Å². The van der Waals surface area contributed by atoms with Crippen LogP contribution in [0.2, 0.25) is 0 Å². The average molecular weight is 188 g/mol. The largest absolute Gasteiger partial charge is 0.435 e. The second-order valence-corrected chi connectivity index (χ2v) is 2.40. The summed E-state index contributed by atoms with van der Waals surface area (Å²) >= 11 is 0. The highest BCUT2D eigenvalue weighted by Crippen LogP contribution is 2.14. The monoisotopic (exact) mass is 188 g/mol. The highest BCUT2D eigenvalue weighted by atomic mass is 19.3. The molecular formula is C8H10F2N2O. The van der Waals surface area contributed by atoms with Gasteiger partial charge in [-0.05, 0) is 17.7 Å². The summed E-state index contributed by atoms with van der Waals surface area (Å²) in [5.41, 5.74) is 3.36. The van der Waals surface area contributed by atoms with E-state index in [2.05, 4.69) is 10.2 Å². The topological polar surface area (TPSA) is 47.3 Å². The third-order valence-corrected chi connectivity index (χ3v) is 1.45. The van der Waals surface area contributed by atoms with Crippen molar-refractivity contribution in [3.8, 4) is 5.75 Å². The van der Waals surface area contributed by atoms with E-state index in [1.807, 2.05) is 0 Å². The van der Waals surface area contributed by atoms with Crippen LogP contribution in [0.5, 0.6) is 5.75 Å². The predicted octanol–water partition coefficient (Wildman–Crippen LogP) is 1.25. The zero-order chi connectivity index (χ0) is 9.68. The Labute approximate surface area is 74.5 Å². The van der Waals surface area contributed by atoms with E-state index in [1.54, 1.807) is 12.1 Å². The summed E-state index contributed by atoms with van der Waals surface area (Å²) in [6.07, 6.45) is 0. The number of halogens is 2. The van der Waals surface area contributed by atoms with Gasteiger partial charge in [-0.2, -0.15) is 8.78 Å². The maximum Gasteiger partial charge on any atom is 0.387 e. The summed E-state index contributed by atoms with van der Waals surface area (Å²) in [5.74, 6) is 5.23. The van der Waals surface area contributed by atoms with E-state index in [4.69, 9.17) is 5.84 Å². The van der Waals surface area contributed by atoms with Crippen LogP contribution in [-0.4, -0.2) is 6.61 Å². The standard InChI is InChI=1S/C8H10F2N2O/c9-8(10)13-7-3-1-6(2-4-7)5-12-11/h1-4,8,12H,5,11H2. The van der Waals surface area contributed by atoms with Gasteiger partial charge in [0.15, 0.2) is 0 Å². The molecule has 0 saturated heterocycles. The quantitative estimate of drug-likeness (QED) is 0.552. The first-order valence-electron chi connectivity index (χ1n) is 3.69. The van der Waals surface area contributed by atoms with Gasteiger partial charge in [-0.25, -0.2) is 0 Å². The summed E-state index contributed by atoms with van der Waals surface area (Å²) in [6, 6.07) is 6.27. The maximum absolute atomic E-state index is 11.7. The zero-order valence-corrected chi connectivity index (χ0v) is 6.84. The third-order valence-electron chi connectivity index (χ3n) is 1.45. The summed E-state index contributed by atoms with van der Waals surface area (Å²) in [7, 11) is 0. The van der Waals surface area contributed by atoms with Crippen LogP contribution >= 0.6 is 0 Å². The fourth-order valence-corrected chi connectivity index (χ4v) is 0.907. The number of hydrogen-bond donors (Lipinski definition) is 2. The molecule has 1 rings (SSSR count). The van der Waals surface area contributed by atoms with Crippen LogP contribution in [0.25, 0.3) is 0 Å². The Balaban J connectivity index is 2.59. The van der Waals surface area contributed by atoms with E-state index in [9.17, 15) is 8.78 Å². The summed E-state index contributed by atoms with van der Waals surface area (Å²) in [5, 5.41) is 0. The SMILES string of the molecule is NNCc1ccc(OC(F)F)cc1. The van der Waals surface area contributed by atoms with Gasteiger partial charge in [-0.3, -0.25) is 11.3 Å². The second-order valence-electron chi connectivity index (χ2n) is 2.40. The second kappa shape index (κ2) is 4.74. The van der Waals surface area contributed by atoms with Crippen LogP contribution in [0.15, 0.2) is 24.3 Å². The smallest absolute Gasteiger partial charge is 0.387 e. The lowest BCUT2D eigenvalue weighted by Gasteiger charge is -2.04. The van der Waals surface area contributed by atoms with Gasteiger partial charge in [0.2, 0.25) is 0 Å². The molecule has 13 heavy (non-hydrogen) atoms. The molecule has 0 bridgehead atoms. The Morgan fingerprint density at radius 1 is 1.31 bits per heavy atom. The van der Waals surface area contributed by atoms with Crippen LogP contribution in [-0.2, 0) is 6.54 Å². The number of rotatable bonds is 4. The lowest BCUT2D eigenvalue weighted by atomic mass is 10.2. The van der Waals surface area contributed by atoms with Gasteiger partial charge in [0.1, 0.15) is 5.75 Å². The fraction of sp³-hybridized carbons (Fsp3) is 0.250. The highest BCUT2D eigenvalue weighted by molar-refractivity contribution is 5.27. The number of nitrogens with one attached hydrogen (secondary N) is 1. The molecule has 0 heterocycles. The number of ether oxygens (including phenoxy) is 1. The van der Waals surface area contributed by atoms with Crippen molar-refractivity contribution in [2.24, 2.45) is 5.84 Å². The highest BCUT2D eigenvalue weighted by Gasteiger charge is 2.02. The molecule has 0 atom stereocenters. The summed E-state index contributed by atoms with van der Waals surface area (Å²) in [4.78, 5) is 0. The van der Waals surface area contributed by atoms with E-state index in [1.165, 1.54) is 12.1 Å². The van der Waals surface area contributed by atoms with E-state index >= 15 is 0 Å². The number of alkyl halides is 2. The number of benzene rings is 1. The summed E-state index contributed by atoms with van der Waals surface area (Å²) in [6.45, 7) is -2.28. The normalized spacial score (nSPS) is 10.5. The van der Waals surface area contributed by atoms with Crippen molar-refractivity contribution in [2.45, 2.75) is 13.2 Å². The molecule has 1 aromatic carbocycles. The number of hydrazine groups is 1. The molecular weight excluding hydrogens is 178 g/mol. The van der Waals surface area contributed by atoms with Gasteiger partial charge in [0.25, 0.3) is 0 Å². The lowest BCUT2D eigenvalue weighted by Crippen LogP contribution is -2.20. The van der Waals surface area contributed by atoms with E-state index in [-0.39, 0.29) is 5.75 Å². The molecule has 0 unspecified atom stereocenters. The van der Waals surface area contributed by atoms with E-state index < -0.39 is 6.61 Å². The minimum Gasteiger partial charge on any atom is -0.435 e. The van der Waals surface area contributed by atoms with Crippen molar-refractivity contribution in [3.63, 3.8) is 0 Å². The predicted molar refractivity (Wildman–Crippen MR) is 44.1 cm³/mol. The van der Waals surface area contributed by atoms with Crippen LogP contribution in [0.4, 0.5) is 8.78 Å². The van der Waals surface area contributed by atoms with Crippen molar-refractivity contribution in [3.05, 3.63) is 29.8 Å². The number of nitrogens with two attached hydrogens (primary N) is 1. The fourth-order valence-electron chi connectivity index (χ4n) is 0.907. The van der Waals surface area contributed by atoms with Gasteiger partial charge in [0, 0.05) is 6.54 Å². The molecule has 0 amide bonds. The Kier molecular flexibility index (Phi) is 3.60. The third kappa shape index (κ3) is 3.35. The van der Waals surface area contributed by atoms with Gasteiger partial charge in [-0.15, -0.1) is 0 Å². The first-order valence-corrected chi connectivity index (χ1v) is 3.69. The Morgan fingerprint density at radius 2 is 1.92 bits per heavy atom. The molecule has 72 valence electrons. The maximum atomic E-state index is 11.7. The molecule has 1 aromatic rings. The molecule has 0 saturated carbocycles. The number of hydrogen-bond acceptors (Lipinski definition) is 3. The van der Waals surface area contributed by atoms with Crippen molar-refractivity contribution in [1.29, 1.82) is 0 Å². The van der Waals surface area contributed by atoms with Gasteiger partial charge >= 0.3 is 6.61 Å². The molecule has 0 aliphatic rings. The van der Waals surface area contributed by atoms with Crippen molar-refractivity contribution in [1.82, 2.24) is 5.43 Å². The van der Waals surface area contributed by atoms with Crippen LogP contribution in [0.1, 0.15) is 5.56 Å². The Bertz CT molecular complexity index is 251. The van der Waals surface area contributed by atoms with Crippen LogP contribution in [0, 0.1) is 0 Å². The average Bonchev–Trinajstić information content (AvgIpc) is 2.08. The first kappa shape index (κ1) is 9.88. The van der Waals surface area contributed by atoms with Gasteiger partial charge in [0.05, 0.1) is 0 Å². The minimum atomic E-state index is -2.78. The summed E-state index contributed by atoms with van der Waals surface area (Å²) < 4.78 is 27.6. The molecule has 0 aromatic heterocycles. The molecule has 0 fully saturated rings. The molecule has 0 aliphatic heterocycles. The Hall–Kier alpha value is -1.20. The van der Waals surface area contributed by atoms with Crippen molar-refractivity contribution >= 4 is 0 Å². The molecule has 0 spiro atoms. The Morgan fingerprint density at radius 3 is 2.38 bits per heavy atom. The first-order chi connectivity index (χ1) is 6.22. The zero-order valence-electron chi connectivity index (χ0n) is 6.84. The van der Waals surface area contributed by atoms with Crippen LogP contribution < -0.4 is 16.0 Å². The van der Waals surface area contributed by atoms with Crippen LogP contribution in [0.3, 0.4) is 0 Å². The molecule has 3 N–H and O–H groups in total. The lowest BCUT2D eigenvalue weighted by molar-refractivity contribution is -0.0498. The van der Waals surface area contributed by atoms with E-state index in [0.717, 1.165) is 5.56 Å². The minimum absolute atomic E-state index is 0.149. The molecule has 0 radical (unpaired) electrons. The molecule has 0 aliphatic carbocycles. The van der Waals surface area contributed by atoms with Crippen molar-refractivity contribution in [2.75, 3.05) is 0 Å². The molecule has 3 nitrogen and oxygen atoms in total. The van der Waals surface area contributed by atoms with Gasteiger partial charge < -0.3 is 4.74 Å². The van der Waals surface area contributed by atoms with E-state index in [0.29, 0.717) is 6.54 Å².